The molecule has 0 spiro atoms. The molecule has 0 aliphatic heterocycles. The highest BCUT2D eigenvalue weighted by Gasteiger charge is 2.19. The molecule has 0 aliphatic rings. The number of nitrogens with zero attached hydrogens (tertiary/aromatic N) is 1. The summed E-state index contributed by atoms with van der Waals surface area (Å²) in [6, 6.07) is 16.1. The van der Waals surface area contributed by atoms with Crippen LogP contribution in [-0.2, 0) is 16.0 Å². The number of nitrogens with one attached hydrogen (secondary N) is 1. The van der Waals surface area contributed by atoms with E-state index in [9.17, 15) is 9.59 Å². The monoisotopic (exact) mass is 364 g/mol. The largest absolute Gasteiger partial charge is 0.452 e. The van der Waals surface area contributed by atoms with E-state index in [0.717, 1.165) is 12.0 Å². The Kier molecular flexibility index (Phi) is 7.13. The van der Waals surface area contributed by atoms with Crippen molar-refractivity contribution >= 4 is 11.9 Å². The summed E-state index contributed by atoms with van der Waals surface area (Å²) in [5.74, 6) is -0.807. The lowest BCUT2D eigenvalue weighted by molar-refractivity contribution is -0.125. The van der Waals surface area contributed by atoms with Gasteiger partial charge in [0.15, 0.2) is 6.61 Å². The number of nitriles is 1. The summed E-state index contributed by atoms with van der Waals surface area (Å²) in [6.07, 6.45) is 0.960. The molecular formula is C22H24N2O3. The summed E-state index contributed by atoms with van der Waals surface area (Å²) in [7, 11) is 0. The number of benzene rings is 2. The lowest BCUT2D eigenvalue weighted by Gasteiger charge is -2.23. The quantitative estimate of drug-likeness (QED) is 0.758. The van der Waals surface area contributed by atoms with Crippen molar-refractivity contribution in [1.82, 2.24) is 5.32 Å². The van der Waals surface area contributed by atoms with Gasteiger partial charge in [-0.3, -0.25) is 4.79 Å². The summed E-state index contributed by atoms with van der Waals surface area (Å²) in [5, 5.41) is 11.8. The van der Waals surface area contributed by atoms with E-state index in [4.69, 9.17) is 10.00 Å². The first-order valence-electron chi connectivity index (χ1n) is 9.00. The molecule has 0 aromatic heterocycles. The first-order chi connectivity index (χ1) is 12.9. The molecule has 0 heterocycles. The maximum Gasteiger partial charge on any atom is 0.338 e. The van der Waals surface area contributed by atoms with Crippen LogP contribution in [0.2, 0.25) is 0 Å². The van der Waals surface area contributed by atoms with Crippen LogP contribution in [0.1, 0.15) is 53.9 Å². The number of carbonyl (C=O) groups excluding carboxylic acids is 2. The van der Waals surface area contributed by atoms with Crippen LogP contribution in [0.5, 0.6) is 0 Å². The van der Waals surface area contributed by atoms with Crippen molar-refractivity contribution in [2.45, 2.75) is 33.2 Å². The molecule has 5 heteroatoms. The molecule has 0 radical (unpaired) electrons. The highest BCUT2D eigenvalue weighted by Crippen LogP contribution is 2.22. The van der Waals surface area contributed by atoms with Gasteiger partial charge >= 0.3 is 5.97 Å². The average Bonchev–Trinajstić information content (AvgIpc) is 2.70. The fraction of sp³-hybridized carbons (Fsp3) is 0.318. The molecule has 0 fully saturated rings. The molecule has 2 aromatic carbocycles. The van der Waals surface area contributed by atoms with Crippen molar-refractivity contribution < 1.29 is 14.3 Å². The Bertz CT molecular complexity index is 835. The first kappa shape index (κ1) is 20.2. The van der Waals surface area contributed by atoms with Gasteiger partial charge in [0.2, 0.25) is 0 Å². The average molecular weight is 364 g/mol. The lowest BCUT2D eigenvalue weighted by atomic mass is 9.95. The van der Waals surface area contributed by atoms with Gasteiger partial charge in [0.1, 0.15) is 0 Å². The molecule has 27 heavy (non-hydrogen) atoms. The Labute approximate surface area is 160 Å². The molecule has 1 atom stereocenters. The predicted octanol–water partition coefficient (Wildman–Crippen LogP) is 3.79. The zero-order valence-corrected chi connectivity index (χ0v) is 15.9. The SMILES string of the molecule is CCc1ccc([C@@H](NC(=O)COC(=O)c2cccc(C#N)c2)C(C)C)cc1. The molecule has 0 aliphatic carbocycles. The normalized spacial score (nSPS) is 11.5. The molecule has 1 N–H and O–H groups in total. The van der Waals surface area contributed by atoms with Crippen molar-refractivity contribution in [2.24, 2.45) is 5.92 Å². The number of ether oxygens (including phenoxy) is 1. The van der Waals surface area contributed by atoms with Crippen LogP contribution in [0.25, 0.3) is 0 Å². The smallest absolute Gasteiger partial charge is 0.338 e. The zero-order chi connectivity index (χ0) is 19.8. The molecule has 140 valence electrons. The molecule has 5 nitrogen and oxygen atoms in total. The minimum absolute atomic E-state index is 0.163. The van der Waals surface area contributed by atoms with E-state index < -0.39 is 5.97 Å². The molecule has 0 saturated heterocycles. The van der Waals surface area contributed by atoms with E-state index in [0.29, 0.717) is 5.56 Å². The van der Waals surface area contributed by atoms with Crippen LogP contribution in [-0.4, -0.2) is 18.5 Å². The van der Waals surface area contributed by atoms with Crippen LogP contribution in [0.4, 0.5) is 0 Å². The van der Waals surface area contributed by atoms with Gasteiger partial charge in [0, 0.05) is 0 Å². The number of aryl methyl sites for hydroxylation is 1. The maximum absolute atomic E-state index is 12.3. The summed E-state index contributed by atoms with van der Waals surface area (Å²) in [4.78, 5) is 24.3. The number of rotatable bonds is 7. The van der Waals surface area contributed by atoms with Crippen molar-refractivity contribution in [3.05, 3.63) is 70.8 Å². The van der Waals surface area contributed by atoms with Crippen molar-refractivity contribution in [2.75, 3.05) is 6.61 Å². The summed E-state index contributed by atoms with van der Waals surface area (Å²) < 4.78 is 5.08. The Hall–Kier alpha value is -3.13. The molecule has 1 amide bonds. The number of hydrogen-bond acceptors (Lipinski definition) is 4. The molecular weight excluding hydrogens is 340 g/mol. The number of amides is 1. The topological polar surface area (TPSA) is 79.2 Å². The van der Waals surface area contributed by atoms with Crippen LogP contribution in [0.3, 0.4) is 0 Å². The van der Waals surface area contributed by atoms with E-state index >= 15 is 0 Å². The van der Waals surface area contributed by atoms with Gasteiger partial charge in [-0.05, 0) is 41.7 Å². The highest BCUT2D eigenvalue weighted by atomic mass is 16.5. The first-order valence-corrected chi connectivity index (χ1v) is 9.00. The number of carbonyl (C=O) groups is 2. The van der Waals surface area contributed by atoms with Gasteiger partial charge in [-0.25, -0.2) is 4.79 Å². The zero-order valence-electron chi connectivity index (χ0n) is 15.9. The van der Waals surface area contributed by atoms with Crippen LogP contribution in [0.15, 0.2) is 48.5 Å². The second kappa shape index (κ2) is 9.54. The summed E-state index contributed by atoms with van der Waals surface area (Å²) in [6.45, 7) is 5.78. The van der Waals surface area contributed by atoms with Crippen LogP contribution >= 0.6 is 0 Å². The van der Waals surface area contributed by atoms with Gasteiger partial charge < -0.3 is 10.1 Å². The third kappa shape index (κ3) is 5.68. The van der Waals surface area contributed by atoms with Crippen molar-refractivity contribution in [3.8, 4) is 6.07 Å². The molecule has 2 rings (SSSR count). The Morgan fingerprint density at radius 3 is 2.44 bits per heavy atom. The van der Waals surface area contributed by atoms with E-state index in [1.165, 1.54) is 11.6 Å². The minimum atomic E-state index is -0.629. The van der Waals surface area contributed by atoms with E-state index in [-0.39, 0.29) is 30.0 Å². The van der Waals surface area contributed by atoms with E-state index in [1.807, 2.05) is 32.0 Å². The van der Waals surface area contributed by atoms with Crippen molar-refractivity contribution in [3.63, 3.8) is 0 Å². The van der Waals surface area contributed by atoms with Gasteiger partial charge in [-0.1, -0.05) is 51.1 Å². The summed E-state index contributed by atoms with van der Waals surface area (Å²) >= 11 is 0. The standard InChI is InChI=1S/C22H24N2O3/c1-4-16-8-10-18(11-9-16)21(15(2)3)24-20(25)14-27-22(26)19-7-5-6-17(12-19)13-23/h5-12,15,21H,4,14H2,1-3H3,(H,24,25)/t21-/m0/s1. The maximum atomic E-state index is 12.3. The Morgan fingerprint density at radius 2 is 1.85 bits per heavy atom. The summed E-state index contributed by atoms with van der Waals surface area (Å²) in [5.41, 5.74) is 2.87. The second-order valence-corrected chi connectivity index (χ2v) is 6.65. The third-order valence-corrected chi connectivity index (χ3v) is 4.29. The van der Waals surface area contributed by atoms with Crippen LogP contribution < -0.4 is 5.32 Å². The van der Waals surface area contributed by atoms with E-state index in [1.54, 1.807) is 18.2 Å². The Morgan fingerprint density at radius 1 is 1.15 bits per heavy atom. The second-order valence-electron chi connectivity index (χ2n) is 6.65. The van der Waals surface area contributed by atoms with Gasteiger partial charge in [-0.2, -0.15) is 5.26 Å². The lowest BCUT2D eigenvalue weighted by Crippen LogP contribution is -2.35. The molecule has 0 unspecified atom stereocenters. The molecule has 0 saturated carbocycles. The van der Waals surface area contributed by atoms with Gasteiger partial charge in [0.25, 0.3) is 5.91 Å². The predicted molar refractivity (Wildman–Crippen MR) is 103 cm³/mol. The van der Waals surface area contributed by atoms with Gasteiger partial charge in [0.05, 0.1) is 23.2 Å². The fourth-order valence-electron chi connectivity index (χ4n) is 2.74. The van der Waals surface area contributed by atoms with E-state index in [2.05, 4.69) is 24.4 Å². The molecule has 2 aromatic rings. The number of hydrogen-bond donors (Lipinski definition) is 1. The Balaban J connectivity index is 1.97. The highest BCUT2D eigenvalue weighted by molar-refractivity contribution is 5.91. The van der Waals surface area contributed by atoms with Crippen LogP contribution in [0, 0.1) is 17.2 Å². The third-order valence-electron chi connectivity index (χ3n) is 4.29. The van der Waals surface area contributed by atoms with Gasteiger partial charge in [-0.15, -0.1) is 0 Å². The minimum Gasteiger partial charge on any atom is -0.452 e. The fourth-order valence-corrected chi connectivity index (χ4v) is 2.74. The molecule has 0 bridgehead atoms. The van der Waals surface area contributed by atoms with Crippen molar-refractivity contribution in [1.29, 1.82) is 5.26 Å². The number of esters is 1.